The number of rotatable bonds is 21. The molecule has 0 radical (unpaired) electrons. The molecule has 0 saturated carbocycles. The lowest BCUT2D eigenvalue weighted by molar-refractivity contribution is 1.07. The van der Waals surface area contributed by atoms with Crippen LogP contribution in [0.3, 0.4) is 0 Å². The van der Waals surface area contributed by atoms with Crippen molar-refractivity contribution in [2.24, 2.45) is 0 Å². The van der Waals surface area contributed by atoms with Gasteiger partial charge in [0.25, 0.3) is 0 Å². The summed E-state index contributed by atoms with van der Waals surface area (Å²) in [5, 5.41) is 0. The lowest BCUT2D eigenvalue weighted by Crippen LogP contribution is -2.00. The quantitative estimate of drug-likeness (QED) is 0.0650. The highest BCUT2D eigenvalue weighted by Gasteiger charge is 2.22. The Kier molecular flexibility index (Phi) is 26.9. The monoisotopic (exact) mass is 1890 g/mol. The summed E-state index contributed by atoms with van der Waals surface area (Å²) >= 11 is 0. The Morgan fingerprint density at radius 3 is 0.612 bits per heavy atom. The fourth-order valence-electron chi connectivity index (χ4n) is 17.8. The second-order valence-electron chi connectivity index (χ2n) is 35.1. The SMILES string of the molecule is Cc1ncccc1-c1ccc(-c2cc(-c3ccc(-c4ccncn4)cc3)cc(-c3nc(-c4ccccc4)nc(-c4ccccc4)n3)c2)cc1.Cc1ncccc1-c1ccc(-c2cc(-c3ccc(-c4cnccn4)cc3)cc(-c3nc(-c4ccccc4)nc(-c4ccccc4)n3)c2)cc1.Cc1ncccc1-c1ccc(-c2cc(-c3ccc(-c4ncccn4)cc3)cc(-c3nc(-c4ccccc4)nc(-c4ccccc4)n3)c2)cc1. The minimum absolute atomic E-state index is 0.604. The van der Waals surface area contributed by atoms with Gasteiger partial charge in [-0.05, 0) is 189 Å². The molecule has 0 atom stereocenters. The number of hydrogen-bond acceptors (Lipinski definition) is 18. The third-order valence-corrected chi connectivity index (χ3v) is 25.5. The zero-order valence-electron chi connectivity index (χ0n) is 80.3. The van der Waals surface area contributed by atoms with Gasteiger partial charge in [0, 0.05) is 150 Å². The maximum absolute atomic E-state index is 5.04. The van der Waals surface area contributed by atoms with Crippen LogP contribution in [0.25, 0.3) is 237 Å². The first-order chi connectivity index (χ1) is 72.5. The molecule has 696 valence electrons. The van der Waals surface area contributed by atoms with Gasteiger partial charge < -0.3 is 0 Å². The van der Waals surface area contributed by atoms with Crippen molar-refractivity contribution < 1.29 is 0 Å². The second-order valence-corrected chi connectivity index (χ2v) is 35.1. The summed E-state index contributed by atoms with van der Waals surface area (Å²) in [6, 6.07) is 147. The zero-order valence-corrected chi connectivity index (χ0v) is 80.3. The largest absolute Gasteiger partial charge is 0.261 e. The maximum atomic E-state index is 5.04. The minimum Gasteiger partial charge on any atom is -0.261 e. The maximum Gasteiger partial charge on any atom is 0.164 e. The molecule has 0 amide bonds. The van der Waals surface area contributed by atoms with Crippen LogP contribution in [0.15, 0.2) is 493 Å². The van der Waals surface area contributed by atoms with Crippen LogP contribution in [0.4, 0.5) is 0 Å². The molecule has 0 unspecified atom stereocenters. The summed E-state index contributed by atoms with van der Waals surface area (Å²) in [6.07, 6.45) is 17.5. The zero-order chi connectivity index (χ0) is 99.0. The Morgan fingerprint density at radius 2 is 0.361 bits per heavy atom. The predicted octanol–water partition coefficient (Wildman–Crippen LogP) is 30.1. The molecule has 0 saturated heterocycles. The van der Waals surface area contributed by atoms with Crippen molar-refractivity contribution in [1.29, 1.82) is 0 Å². The van der Waals surface area contributed by atoms with E-state index in [1.54, 1.807) is 43.5 Å². The van der Waals surface area contributed by atoms with E-state index in [4.69, 9.17) is 44.9 Å². The Hall–Kier alpha value is -20.0. The molecule has 0 fully saturated rings. The van der Waals surface area contributed by atoms with Crippen LogP contribution in [0, 0.1) is 20.8 Å². The van der Waals surface area contributed by atoms with Crippen LogP contribution >= 0.6 is 0 Å². The summed E-state index contributed by atoms with van der Waals surface area (Å²) in [6.45, 7) is 6.12. The van der Waals surface area contributed by atoms with Gasteiger partial charge in [-0.2, -0.15) is 0 Å². The molecule has 24 rings (SSSR count). The third-order valence-electron chi connectivity index (χ3n) is 25.5. The molecular weight excluding hydrogens is 1800 g/mol. The van der Waals surface area contributed by atoms with Crippen LogP contribution in [0.1, 0.15) is 17.1 Å². The van der Waals surface area contributed by atoms with Gasteiger partial charge in [-0.1, -0.05) is 346 Å². The third kappa shape index (κ3) is 21.4. The van der Waals surface area contributed by atoms with E-state index in [0.29, 0.717) is 58.2 Å². The second kappa shape index (κ2) is 43.0. The summed E-state index contributed by atoms with van der Waals surface area (Å²) in [7, 11) is 0. The molecule has 0 bridgehead atoms. The fraction of sp³-hybridized carbons (Fsp3) is 0.0233. The molecule has 0 spiro atoms. The van der Waals surface area contributed by atoms with E-state index in [1.807, 2.05) is 252 Å². The average Bonchev–Trinajstić information content (AvgIpc) is 0.783. The normalized spacial score (nSPS) is 11.0. The predicted molar refractivity (Wildman–Crippen MR) is 588 cm³/mol. The molecule has 9 heterocycles. The van der Waals surface area contributed by atoms with Crippen molar-refractivity contribution in [2.75, 3.05) is 0 Å². The van der Waals surface area contributed by atoms with E-state index >= 15 is 0 Å². The Labute approximate surface area is 851 Å². The van der Waals surface area contributed by atoms with Gasteiger partial charge in [-0.3, -0.25) is 24.9 Å². The van der Waals surface area contributed by atoms with Gasteiger partial charge in [-0.15, -0.1) is 0 Å². The highest BCUT2D eigenvalue weighted by molar-refractivity contribution is 5.88. The number of aryl methyl sites for hydroxylation is 3. The van der Waals surface area contributed by atoms with Crippen LogP contribution < -0.4 is 0 Å². The first-order valence-corrected chi connectivity index (χ1v) is 48.3. The Bertz CT molecular complexity index is 7720. The number of hydrogen-bond donors (Lipinski definition) is 0. The smallest absolute Gasteiger partial charge is 0.164 e. The van der Waals surface area contributed by atoms with Gasteiger partial charge in [0.05, 0.1) is 17.6 Å². The van der Waals surface area contributed by atoms with Gasteiger partial charge in [0.1, 0.15) is 6.33 Å². The highest BCUT2D eigenvalue weighted by atomic mass is 15.1. The van der Waals surface area contributed by atoms with Gasteiger partial charge in [0.15, 0.2) is 58.2 Å². The van der Waals surface area contributed by atoms with E-state index < -0.39 is 0 Å². The van der Waals surface area contributed by atoms with Crippen LogP contribution in [-0.4, -0.2) is 89.7 Å². The first-order valence-electron chi connectivity index (χ1n) is 48.3. The summed E-state index contributed by atoms with van der Waals surface area (Å²) in [5.41, 5.74) is 35.5. The minimum atomic E-state index is 0.604. The lowest BCUT2D eigenvalue weighted by atomic mass is 9.94. The van der Waals surface area contributed by atoms with Crippen molar-refractivity contribution in [3.05, 3.63) is 510 Å². The van der Waals surface area contributed by atoms with Crippen LogP contribution in [-0.2, 0) is 0 Å². The van der Waals surface area contributed by atoms with Crippen LogP contribution in [0.5, 0.6) is 0 Å². The molecule has 15 aromatic carbocycles. The molecule has 0 N–H and O–H groups in total. The van der Waals surface area contributed by atoms with Gasteiger partial charge in [-0.25, -0.2) is 64.8 Å². The Morgan fingerprint density at radius 1 is 0.129 bits per heavy atom. The number of nitrogens with zero attached hydrogens (tertiary/aromatic N) is 18. The average molecular weight is 1890 g/mol. The lowest BCUT2D eigenvalue weighted by Gasteiger charge is -2.13. The molecule has 0 aliphatic rings. The van der Waals surface area contributed by atoms with Crippen molar-refractivity contribution in [3.63, 3.8) is 0 Å². The van der Waals surface area contributed by atoms with Crippen molar-refractivity contribution in [1.82, 2.24) is 89.7 Å². The number of benzene rings is 15. The first kappa shape index (κ1) is 92.1. The van der Waals surface area contributed by atoms with Crippen molar-refractivity contribution in [2.45, 2.75) is 20.8 Å². The molecular formula is C129H90N18. The summed E-state index contributed by atoms with van der Waals surface area (Å²) < 4.78 is 0. The van der Waals surface area contributed by atoms with Crippen LogP contribution in [0.2, 0.25) is 0 Å². The molecule has 18 nitrogen and oxygen atoms in total. The van der Waals surface area contributed by atoms with Crippen molar-refractivity contribution in [3.8, 4) is 237 Å². The van der Waals surface area contributed by atoms with E-state index in [1.165, 1.54) is 0 Å². The molecule has 18 heteroatoms. The molecule has 9 aromatic heterocycles. The molecule has 147 heavy (non-hydrogen) atoms. The van der Waals surface area contributed by atoms with Gasteiger partial charge >= 0.3 is 0 Å². The van der Waals surface area contributed by atoms with Crippen molar-refractivity contribution >= 4 is 0 Å². The topological polar surface area (TPSA) is 232 Å². The number of aromatic nitrogens is 18. The molecule has 0 aliphatic carbocycles. The summed E-state index contributed by atoms with van der Waals surface area (Å²) in [4.78, 5) is 84.5. The van der Waals surface area contributed by atoms with E-state index in [-0.39, 0.29) is 0 Å². The summed E-state index contributed by atoms with van der Waals surface area (Å²) in [5.74, 6) is 6.27. The fourth-order valence-corrected chi connectivity index (χ4v) is 17.8. The van der Waals surface area contributed by atoms with E-state index in [0.717, 1.165) is 195 Å². The highest BCUT2D eigenvalue weighted by Crippen LogP contribution is 2.42. The van der Waals surface area contributed by atoms with E-state index in [9.17, 15) is 0 Å². The number of pyridine rings is 3. The molecule has 0 aliphatic heterocycles. The Balaban J connectivity index is 0.000000125. The standard InChI is InChI=1S/3C43H30N6/c1-29-39(14-8-23-44-29)32-19-15-30(16-20-32)36-26-37(31-17-21-35(22-18-31)40-45-24-9-25-46-40)28-38(27-36)43-48-41(33-10-4-2-5-11-33)47-42(49-43)34-12-6-3-7-13-34;1-29-39(13-8-23-45-29)32-18-14-30(15-19-32)36-25-37(31-16-20-33(21-17-31)40-22-24-44-28-46-40)27-38(26-36)43-48-41(34-9-4-2-5-10-34)47-42(49-43)35-11-6-3-7-12-35;1-29-39(13-8-22-45-29)32-18-14-30(15-19-32)36-25-37(31-16-20-33(21-17-31)40-28-44-23-24-46-40)27-38(26-36)43-48-41(34-9-4-2-5-10-34)47-42(49-43)35-11-6-3-7-12-35/h3*2-28H,1H3. The van der Waals surface area contributed by atoms with E-state index in [2.05, 4.69) is 263 Å². The van der Waals surface area contributed by atoms with Gasteiger partial charge in [0.2, 0.25) is 0 Å². The molecule has 24 aromatic rings.